The number of amides is 1. The van der Waals surface area contributed by atoms with Crippen molar-refractivity contribution < 1.29 is 9.53 Å². The number of hydrogen-bond donors (Lipinski definition) is 2. The van der Waals surface area contributed by atoms with Crippen LogP contribution in [-0.2, 0) is 4.74 Å². The molecule has 0 spiro atoms. The summed E-state index contributed by atoms with van der Waals surface area (Å²) in [6.07, 6.45) is 0.868. The molecule has 0 aliphatic heterocycles. The normalized spacial score (nSPS) is 12.0. The third kappa shape index (κ3) is 5.11. The van der Waals surface area contributed by atoms with Gasteiger partial charge in [0.25, 0.3) is 0 Å². The Balaban J connectivity index is 2.14. The second kappa shape index (κ2) is 8.96. The fraction of sp³-hybridized carbons (Fsp3) is 0.316. The van der Waals surface area contributed by atoms with Gasteiger partial charge in [-0.1, -0.05) is 67.6 Å². The molecule has 1 atom stereocenters. The molecule has 0 radical (unpaired) electrons. The van der Waals surface area contributed by atoms with E-state index in [1.807, 2.05) is 67.6 Å². The van der Waals surface area contributed by atoms with Gasteiger partial charge < -0.3 is 15.8 Å². The summed E-state index contributed by atoms with van der Waals surface area (Å²) in [5.74, 6) is 0. The van der Waals surface area contributed by atoms with Gasteiger partial charge in [-0.3, -0.25) is 0 Å². The first kappa shape index (κ1) is 17.0. The summed E-state index contributed by atoms with van der Waals surface area (Å²) in [6.45, 7) is 2.49. The lowest BCUT2D eigenvalue weighted by Gasteiger charge is -2.22. The van der Waals surface area contributed by atoms with Gasteiger partial charge >= 0.3 is 6.09 Å². The average Bonchev–Trinajstić information content (AvgIpc) is 2.61. The summed E-state index contributed by atoms with van der Waals surface area (Å²) in [4.78, 5) is 12.3. The van der Waals surface area contributed by atoms with E-state index in [1.54, 1.807) is 0 Å². The summed E-state index contributed by atoms with van der Waals surface area (Å²) in [7, 11) is 0. The number of carbonyl (C=O) groups excluding carboxylic acids is 1. The molecule has 2 aromatic carbocycles. The molecule has 4 nitrogen and oxygen atoms in total. The fourth-order valence-electron chi connectivity index (χ4n) is 2.49. The predicted molar refractivity (Wildman–Crippen MR) is 92.1 cm³/mol. The highest BCUT2D eigenvalue weighted by atomic mass is 16.6. The maximum Gasteiger partial charge on any atom is 0.408 e. The highest BCUT2D eigenvalue weighted by Gasteiger charge is 2.19. The molecule has 2 aromatic rings. The second-order valence-electron chi connectivity index (χ2n) is 5.41. The molecular formula is C19H24N2O2. The summed E-state index contributed by atoms with van der Waals surface area (Å²) >= 11 is 0. The van der Waals surface area contributed by atoms with Crippen LogP contribution in [0.4, 0.5) is 4.79 Å². The molecule has 1 unspecified atom stereocenters. The van der Waals surface area contributed by atoms with Crippen molar-refractivity contribution in [3.8, 4) is 0 Å². The maximum atomic E-state index is 12.3. The van der Waals surface area contributed by atoms with Crippen LogP contribution >= 0.6 is 0 Å². The molecule has 0 aromatic heterocycles. The van der Waals surface area contributed by atoms with E-state index in [0.717, 1.165) is 17.5 Å². The molecule has 0 saturated heterocycles. The summed E-state index contributed by atoms with van der Waals surface area (Å²) in [5.41, 5.74) is 7.58. The summed E-state index contributed by atoms with van der Waals surface area (Å²) in [6, 6.07) is 19.5. The Kier molecular flexibility index (Phi) is 6.63. The number of hydrogen-bond acceptors (Lipinski definition) is 3. The van der Waals surface area contributed by atoms with Crippen LogP contribution in [0.2, 0.25) is 0 Å². The van der Waals surface area contributed by atoms with Crippen LogP contribution in [0.1, 0.15) is 36.9 Å². The highest BCUT2D eigenvalue weighted by Crippen LogP contribution is 2.22. The van der Waals surface area contributed by atoms with Gasteiger partial charge in [-0.2, -0.15) is 0 Å². The third-order valence-electron chi connectivity index (χ3n) is 3.75. The number of alkyl carbamates (subject to hydrolysis) is 1. The van der Waals surface area contributed by atoms with Gasteiger partial charge in [-0.25, -0.2) is 4.79 Å². The Labute approximate surface area is 137 Å². The average molecular weight is 312 g/mol. The monoisotopic (exact) mass is 312 g/mol. The molecule has 3 N–H and O–H groups in total. The lowest BCUT2D eigenvalue weighted by atomic mass is 9.99. The molecule has 4 heteroatoms. The minimum absolute atomic E-state index is 0.146. The number of nitrogens with one attached hydrogen (secondary N) is 1. The minimum Gasteiger partial charge on any atom is -0.446 e. The maximum absolute atomic E-state index is 12.3. The lowest BCUT2D eigenvalue weighted by Crippen LogP contribution is -2.33. The van der Waals surface area contributed by atoms with Crippen LogP contribution in [0, 0.1) is 0 Å². The van der Waals surface area contributed by atoms with Crippen molar-refractivity contribution in [1.82, 2.24) is 5.32 Å². The van der Waals surface area contributed by atoms with Crippen molar-refractivity contribution in [3.05, 3.63) is 71.8 Å². The quantitative estimate of drug-likeness (QED) is 0.820. The standard InChI is InChI=1S/C19H24N2O2/c1-2-17(13-14-20)23-19(22)21-18(15-9-5-3-6-10-15)16-11-7-4-8-12-16/h3-12,17-18H,2,13-14,20H2,1H3,(H,21,22). The third-order valence-corrected chi connectivity index (χ3v) is 3.75. The van der Waals surface area contributed by atoms with E-state index in [9.17, 15) is 4.79 Å². The Morgan fingerprint density at radius 1 is 1.04 bits per heavy atom. The van der Waals surface area contributed by atoms with Crippen LogP contribution in [0.15, 0.2) is 60.7 Å². The molecule has 1 amide bonds. The van der Waals surface area contributed by atoms with E-state index < -0.39 is 6.09 Å². The molecule has 122 valence electrons. The fourth-order valence-corrected chi connectivity index (χ4v) is 2.49. The number of ether oxygens (including phenoxy) is 1. The van der Waals surface area contributed by atoms with Crippen molar-refractivity contribution in [3.63, 3.8) is 0 Å². The first-order valence-corrected chi connectivity index (χ1v) is 8.01. The van der Waals surface area contributed by atoms with Gasteiger partial charge in [0, 0.05) is 0 Å². The Bertz CT molecular complexity index is 547. The molecule has 0 aliphatic rings. The van der Waals surface area contributed by atoms with E-state index in [-0.39, 0.29) is 12.1 Å². The molecule has 0 aliphatic carbocycles. The molecule has 0 heterocycles. The second-order valence-corrected chi connectivity index (χ2v) is 5.41. The summed E-state index contributed by atoms with van der Waals surface area (Å²) in [5, 5.41) is 2.97. The molecular weight excluding hydrogens is 288 g/mol. The van der Waals surface area contributed by atoms with Crippen LogP contribution in [0.3, 0.4) is 0 Å². The van der Waals surface area contributed by atoms with E-state index in [1.165, 1.54) is 0 Å². The van der Waals surface area contributed by atoms with E-state index in [2.05, 4.69) is 5.32 Å². The van der Waals surface area contributed by atoms with Gasteiger partial charge in [0.15, 0.2) is 0 Å². The predicted octanol–water partition coefficient (Wildman–Crippen LogP) is 3.63. The zero-order valence-corrected chi connectivity index (χ0v) is 13.4. The number of benzene rings is 2. The van der Waals surface area contributed by atoms with Crippen molar-refractivity contribution in [1.29, 1.82) is 0 Å². The van der Waals surface area contributed by atoms with Crippen LogP contribution < -0.4 is 11.1 Å². The first-order valence-electron chi connectivity index (χ1n) is 8.01. The number of nitrogens with two attached hydrogens (primary N) is 1. The Morgan fingerprint density at radius 3 is 2.00 bits per heavy atom. The smallest absolute Gasteiger partial charge is 0.408 e. The van der Waals surface area contributed by atoms with Crippen LogP contribution in [-0.4, -0.2) is 18.7 Å². The van der Waals surface area contributed by atoms with E-state index in [0.29, 0.717) is 13.0 Å². The molecule has 2 rings (SSSR count). The Hall–Kier alpha value is -2.33. The Morgan fingerprint density at radius 2 is 1.57 bits per heavy atom. The molecule has 0 bridgehead atoms. The largest absolute Gasteiger partial charge is 0.446 e. The van der Waals surface area contributed by atoms with E-state index >= 15 is 0 Å². The first-order chi connectivity index (χ1) is 11.2. The molecule has 23 heavy (non-hydrogen) atoms. The van der Waals surface area contributed by atoms with Gasteiger partial charge in [-0.15, -0.1) is 0 Å². The minimum atomic E-state index is -0.414. The lowest BCUT2D eigenvalue weighted by molar-refractivity contribution is 0.0898. The van der Waals surface area contributed by atoms with Crippen LogP contribution in [0.5, 0.6) is 0 Å². The van der Waals surface area contributed by atoms with Crippen molar-refractivity contribution >= 4 is 6.09 Å². The number of rotatable bonds is 7. The zero-order chi connectivity index (χ0) is 16.5. The van der Waals surface area contributed by atoms with Gasteiger partial charge in [0.05, 0.1) is 6.04 Å². The topological polar surface area (TPSA) is 64.3 Å². The highest BCUT2D eigenvalue weighted by molar-refractivity contribution is 5.69. The van der Waals surface area contributed by atoms with E-state index in [4.69, 9.17) is 10.5 Å². The van der Waals surface area contributed by atoms with Crippen molar-refractivity contribution in [2.45, 2.75) is 31.9 Å². The zero-order valence-electron chi connectivity index (χ0n) is 13.4. The van der Waals surface area contributed by atoms with Gasteiger partial charge in [-0.05, 0) is 30.5 Å². The molecule has 0 saturated carbocycles. The SMILES string of the molecule is CCC(CCN)OC(=O)NC(c1ccccc1)c1ccccc1. The van der Waals surface area contributed by atoms with Gasteiger partial charge in [0.2, 0.25) is 0 Å². The molecule has 0 fully saturated rings. The summed E-state index contributed by atoms with van der Waals surface area (Å²) < 4.78 is 5.48. The number of carbonyl (C=O) groups is 1. The van der Waals surface area contributed by atoms with Crippen molar-refractivity contribution in [2.75, 3.05) is 6.54 Å². The van der Waals surface area contributed by atoms with Crippen LogP contribution in [0.25, 0.3) is 0 Å². The van der Waals surface area contributed by atoms with Crippen molar-refractivity contribution in [2.24, 2.45) is 5.73 Å². The van der Waals surface area contributed by atoms with Gasteiger partial charge in [0.1, 0.15) is 6.10 Å².